The topological polar surface area (TPSA) is 12.9 Å². The van der Waals surface area contributed by atoms with Crippen molar-refractivity contribution in [3.05, 3.63) is 35.2 Å². The van der Waals surface area contributed by atoms with Crippen LogP contribution in [0.1, 0.15) is 30.7 Å². The summed E-state index contributed by atoms with van der Waals surface area (Å²) in [6.45, 7) is 4.43. The lowest BCUT2D eigenvalue weighted by molar-refractivity contribution is 0.704. The molecule has 0 radical (unpaired) electrons. The highest BCUT2D eigenvalue weighted by atomic mass is 14.7. The van der Waals surface area contributed by atoms with Gasteiger partial charge in [0.25, 0.3) is 0 Å². The number of hydrogen-bond donors (Lipinski definition) is 0. The maximum atomic E-state index is 4.41. The number of hydrogen-bond acceptors (Lipinski definition) is 1. The third-order valence-corrected chi connectivity index (χ3v) is 2.65. The van der Waals surface area contributed by atoms with Gasteiger partial charge in [-0.15, -0.1) is 0 Å². The van der Waals surface area contributed by atoms with Crippen molar-refractivity contribution in [2.24, 2.45) is 5.92 Å². The van der Waals surface area contributed by atoms with Gasteiger partial charge in [0.05, 0.1) is 0 Å². The molecule has 68 valence electrons. The molecule has 1 heteroatoms. The van der Waals surface area contributed by atoms with Gasteiger partial charge in [0, 0.05) is 11.9 Å². The van der Waals surface area contributed by atoms with Gasteiger partial charge in [-0.1, -0.05) is 26.0 Å². The molecule has 1 aromatic heterocycles. The van der Waals surface area contributed by atoms with Crippen molar-refractivity contribution in [2.75, 3.05) is 0 Å². The minimum atomic E-state index is 0.669. The molecule has 1 aromatic rings. The van der Waals surface area contributed by atoms with Gasteiger partial charge in [-0.3, -0.25) is 4.98 Å². The molecule has 0 saturated carbocycles. The predicted octanol–water partition coefficient (Wildman–Crippen LogP) is 2.85. The molecule has 1 heterocycles. The molecule has 1 nitrogen and oxygen atoms in total. The van der Waals surface area contributed by atoms with Gasteiger partial charge in [-0.05, 0) is 36.0 Å². The molecule has 1 aliphatic rings. The van der Waals surface area contributed by atoms with E-state index in [1.807, 2.05) is 6.20 Å². The summed E-state index contributed by atoms with van der Waals surface area (Å²) in [5.74, 6) is 0.669. The fourth-order valence-corrected chi connectivity index (χ4v) is 1.91. The molecular formula is C12H15N. The highest BCUT2D eigenvalue weighted by Gasteiger charge is 2.13. The second-order valence-electron chi connectivity index (χ2n) is 3.72. The molecule has 0 bridgehead atoms. The normalized spacial score (nSPS) is 20.0. The zero-order chi connectivity index (χ0) is 9.26. The van der Waals surface area contributed by atoms with Gasteiger partial charge in [0.2, 0.25) is 0 Å². The monoisotopic (exact) mass is 173 g/mol. The van der Waals surface area contributed by atoms with Crippen molar-refractivity contribution in [1.29, 1.82) is 0 Å². The average molecular weight is 173 g/mol. The Morgan fingerprint density at radius 3 is 3.15 bits per heavy atom. The lowest BCUT2D eigenvalue weighted by Gasteiger charge is -2.17. The second kappa shape index (κ2) is 3.33. The molecule has 0 saturated heterocycles. The van der Waals surface area contributed by atoms with E-state index in [1.54, 1.807) is 0 Å². The van der Waals surface area contributed by atoms with Crippen LogP contribution in [0.5, 0.6) is 0 Å². The Bertz CT molecular complexity index is 339. The van der Waals surface area contributed by atoms with Gasteiger partial charge in [-0.2, -0.15) is 0 Å². The Hall–Kier alpha value is -1.11. The molecule has 1 aliphatic carbocycles. The lowest BCUT2D eigenvalue weighted by Crippen LogP contribution is -2.07. The summed E-state index contributed by atoms with van der Waals surface area (Å²) in [6.07, 6.45) is 8.62. The van der Waals surface area contributed by atoms with Crippen LogP contribution in [0.2, 0.25) is 0 Å². The van der Waals surface area contributed by atoms with E-state index in [4.69, 9.17) is 0 Å². The maximum absolute atomic E-state index is 4.41. The fourth-order valence-electron chi connectivity index (χ4n) is 1.91. The molecule has 13 heavy (non-hydrogen) atoms. The van der Waals surface area contributed by atoms with Crippen LogP contribution in [0.15, 0.2) is 18.3 Å². The first-order valence-electron chi connectivity index (χ1n) is 4.96. The fraction of sp³-hybridized carbons (Fsp3) is 0.417. The molecule has 1 unspecified atom stereocenters. The van der Waals surface area contributed by atoms with Gasteiger partial charge >= 0.3 is 0 Å². The number of aromatic nitrogens is 1. The van der Waals surface area contributed by atoms with Gasteiger partial charge in [-0.25, -0.2) is 0 Å². The molecule has 0 aliphatic heterocycles. The van der Waals surface area contributed by atoms with E-state index in [1.165, 1.54) is 16.8 Å². The van der Waals surface area contributed by atoms with E-state index >= 15 is 0 Å². The van der Waals surface area contributed by atoms with Crippen LogP contribution in [-0.2, 0) is 12.8 Å². The minimum absolute atomic E-state index is 0.669. The summed E-state index contributed by atoms with van der Waals surface area (Å²) in [7, 11) is 0. The van der Waals surface area contributed by atoms with E-state index in [9.17, 15) is 0 Å². The zero-order valence-electron chi connectivity index (χ0n) is 8.25. The van der Waals surface area contributed by atoms with E-state index in [0.29, 0.717) is 5.92 Å². The summed E-state index contributed by atoms with van der Waals surface area (Å²) < 4.78 is 0. The minimum Gasteiger partial charge on any atom is -0.261 e. The first-order chi connectivity index (χ1) is 6.31. The van der Waals surface area contributed by atoms with Crippen molar-refractivity contribution < 1.29 is 0 Å². The average Bonchev–Trinajstić information content (AvgIpc) is 2.17. The molecular weight excluding hydrogens is 158 g/mol. The Kier molecular flexibility index (Phi) is 2.17. The number of fused-ring (bicyclic) bond motifs is 1. The van der Waals surface area contributed by atoms with E-state index in [-0.39, 0.29) is 0 Å². The van der Waals surface area contributed by atoms with Crippen LogP contribution in [0.25, 0.3) is 6.08 Å². The van der Waals surface area contributed by atoms with Crippen LogP contribution in [0.3, 0.4) is 0 Å². The Balaban J connectivity index is 2.49. The third kappa shape index (κ3) is 1.51. The van der Waals surface area contributed by atoms with Crippen molar-refractivity contribution in [3.63, 3.8) is 0 Å². The van der Waals surface area contributed by atoms with E-state index < -0.39 is 0 Å². The quantitative estimate of drug-likeness (QED) is 0.636. The summed E-state index contributed by atoms with van der Waals surface area (Å²) in [4.78, 5) is 4.41. The number of allylic oxidation sites excluding steroid dienone is 1. The summed E-state index contributed by atoms with van der Waals surface area (Å²) in [5, 5.41) is 0. The molecule has 0 amide bonds. The SMILES string of the molecule is CCc1nccc2c1CC(C)C=C2. The number of pyridine rings is 1. The van der Waals surface area contributed by atoms with Crippen molar-refractivity contribution in [3.8, 4) is 0 Å². The van der Waals surface area contributed by atoms with Crippen molar-refractivity contribution in [1.82, 2.24) is 4.98 Å². The molecule has 1 atom stereocenters. The largest absolute Gasteiger partial charge is 0.261 e. The standard InChI is InChI=1S/C12H15N/c1-3-12-11-8-9(2)4-5-10(11)6-7-13-12/h4-7,9H,3,8H2,1-2H3. The summed E-state index contributed by atoms with van der Waals surface area (Å²) >= 11 is 0. The number of aryl methyl sites for hydroxylation is 1. The number of rotatable bonds is 1. The van der Waals surface area contributed by atoms with Gasteiger partial charge in [0.15, 0.2) is 0 Å². The Morgan fingerprint density at radius 1 is 1.54 bits per heavy atom. The third-order valence-electron chi connectivity index (χ3n) is 2.65. The molecule has 0 aromatic carbocycles. The summed E-state index contributed by atoms with van der Waals surface area (Å²) in [6, 6.07) is 2.11. The van der Waals surface area contributed by atoms with Crippen LogP contribution < -0.4 is 0 Å². The molecule has 2 rings (SSSR count). The number of nitrogens with zero attached hydrogens (tertiary/aromatic N) is 1. The van der Waals surface area contributed by atoms with Crippen LogP contribution in [0.4, 0.5) is 0 Å². The molecule has 0 fully saturated rings. The molecule has 0 N–H and O–H groups in total. The summed E-state index contributed by atoms with van der Waals surface area (Å²) in [5.41, 5.74) is 4.10. The van der Waals surface area contributed by atoms with Gasteiger partial charge in [0.1, 0.15) is 0 Å². The van der Waals surface area contributed by atoms with Gasteiger partial charge < -0.3 is 0 Å². The Morgan fingerprint density at radius 2 is 2.38 bits per heavy atom. The van der Waals surface area contributed by atoms with Crippen LogP contribution in [0, 0.1) is 5.92 Å². The maximum Gasteiger partial charge on any atom is 0.0438 e. The van der Waals surface area contributed by atoms with Crippen molar-refractivity contribution >= 4 is 6.08 Å². The first kappa shape index (κ1) is 8.49. The zero-order valence-corrected chi connectivity index (χ0v) is 8.25. The molecule has 0 spiro atoms. The predicted molar refractivity (Wildman–Crippen MR) is 55.5 cm³/mol. The lowest BCUT2D eigenvalue weighted by atomic mass is 9.89. The highest BCUT2D eigenvalue weighted by molar-refractivity contribution is 5.57. The van der Waals surface area contributed by atoms with E-state index in [0.717, 1.165) is 12.8 Å². The highest BCUT2D eigenvalue weighted by Crippen LogP contribution is 2.24. The Labute approximate surface area is 79.5 Å². The van der Waals surface area contributed by atoms with Crippen LogP contribution >= 0.6 is 0 Å². The van der Waals surface area contributed by atoms with Crippen molar-refractivity contribution in [2.45, 2.75) is 26.7 Å². The second-order valence-corrected chi connectivity index (χ2v) is 3.72. The van der Waals surface area contributed by atoms with E-state index in [2.05, 4.69) is 37.0 Å². The smallest absolute Gasteiger partial charge is 0.0438 e. The first-order valence-corrected chi connectivity index (χ1v) is 4.96. The van der Waals surface area contributed by atoms with Crippen LogP contribution in [-0.4, -0.2) is 4.98 Å².